The first-order chi connectivity index (χ1) is 9.72. The van der Waals surface area contributed by atoms with Crippen molar-refractivity contribution < 1.29 is 4.42 Å². The van der Waals surface area contributed by atoms with Crippen molar-refractivity contribution >= 4 is 17.9 Å². The number of nitrogens with one attached hydrogen (secondary N) is 1. The van der Waals surface area contributed by atoms with Gasteiger partial charge >= 0.3 is 0 Å². The van der Waals surface area contributed by atoms with Crippen molar-refractivity contribution in [1.82, 2.24) is 4.98 Å². The number of hydrogen-bond donors (Lipinski definition) is 1. The molecular formula is C16H17N3O. The Hall–Kier alpha value is -2.36. The lowest BCUT2D eigenvalue weighted by molar-refractivity contribution is 0.502. The molecule has 0 bridgehead atoms. The number of aliphatic imine (C=N–C) groups is 1. The minimum atomic E-state index is 0.182. The number of aryl methyl sites for hydroxylation is 2. The van der Waals surface area contributed by atoms with Crippen LogP contribution in [0.4, 0.5) is 11.7 Å². The van der Waals surface area contributed by atoms with E-state index in [-0.39, 0.29) is 5.92 Å². The van der Waals surface area contributed by atoms with Crippen LogP contribution in [0.3, 0.4) is 0 Å². The normalized spacial score (nSPS) is 17.4. The molecule has 1 aromatic carbocycles. The average molecular weight is 267 g/mol. The van der Waals surface area contributed by atoms with Crippen LogP contribution >= 0.6 is 0 Å². The maximum absolute atomic E-state index is 5.77. The maximum atomic E-state index is 5.77. The van der Waals surface area contributed by atoms with E-state index in [2.05, 4.69) is 53.4 Å². The zero-order chi connectivity index (χ0) is 13.9. The Morgan fingerprint density at radius 1 is 1.30 bits per heavy atom. The van der Waals surface area contributed by atoms with E-state index < -0.39 is 0 Å². The number of hydrogen-bond acceptors (Lipinski definition) is 4. The number of oxazole rings is 1. The molecule has 1 unspecified atom stereocenters. The molecule has 0 aliphatic carbocycles. The Kier molecular flexibility index (Phi) is 3.37. The molecule has 1 aliphatic rings. The lowest BCUT2D eigenvalue weighted by Gasteiger charge is -2.09. The molecule has 4 heteroatoms. The molecule has 1 N–H and O–H groups in total. The molecule has 0 fully saturated rings. The summed E-state index contributed by atoms with van der Waals surface area (Å²) < 4.78 is 5.77. The highest BCUT2D eigenvalue weighted by Gasteiger charge is 2.15. The Bertz CT molecular complexity index is 670. The number of rotatable bonds is 3. The SMILES string of the molecule is Cc1ccc(C)c(Nc2ncc(C3C=CC=NC3)o2)c1. The second-order valence-electron chi connectivity index (χ2n) is 5.02. The summed E-state index contributed by atoms with van der Waals surface area (Å²) in [5.74, 6) is 1.02. The summed E-state index contributed by atoms with van der Waals surface area (Å²) in [7, 11) is 0. The van der Waals surface area contributed by atoms with Crippen molar-refractivity contribution in [2.45, 2.75) is 19.8 Å². The van der Waals surface area contributed by atoms with Crippen LogP contribution in [0.5, 0.6) is 0 Å². The fraction of sp³-hybridized carbons (Fsp3) is 0.250. The van der Waals surface area contributed by atoms with E-state index >= 15 is 0 Å². The molecule has 4 nitrogen and oxygen atoms in total. The summed E-state index contributed by atoms with van der Waals surface area (Å²) in [6, 6.07) is 6.79. The molecule has 0 radical (unpaired) electrons. The zero-order valence-electron chi connectivity index (χ0n) is 11.6. The molecule has 0 spiro atoms. The summed E-state index contributed by atoms with van der Waals surface area (Å²) in [5, 5.41) is 3.23. The number of benzene rings is 1. The van der Waals surface area contributed by atoms with Gasteiger partial charge in [0.2, 0.25) is 0 Å². The third-order valence-electron chi connectivity index (χ3n) is 3.36. The van der Waals surface area contributed by atoms with Crippen LogP contribution in [0.1, 0.15) is 22.8 Å². The first-order valence-electron chi connectivity index (χ1n) is 6.69. The third kappa shape index (κ3) is 2.64. The smallest absolute Gasteiger partial charge is 0.299 e. The predicted molar refractivity (Wildman–Crippen MR) is 80.9 cm³/mol. The van der Waals surface area contributed by atoms with Gasteiger partial charge in [-0.2, -0.15) is 0 Å². The Morgan fingerprint density at radius 2 is 2.20 bits per heavy atom. The minimum absolute atomic E-state index is 0.182. The standard InChI is InChI=1S/C16H17N3O/c1-11-5-6-12(2)14(8-11)19-16-18-10-15(20-16)13-4-3-7-17-9-13/h3-8,10,13H,9H2,1-2H3,(H,18,19). The van der Waals surface area contributed by atoms with Crippen LogP contribution in [0.25, 0.3) is 0 Å². The first-order valence-corrected chi connectivity index (χ1v) is 6.69. The topological polar surface area (TPSA) is 50.4 Å². The summed E-state index contributed by atoms with van der Waals surface area (Å²) in [6.45, 7) is 4.84. The molecule has 0 amide bonds. The zero-order valence-corrected chi connectivity index (χ0v) is 11.6. The number of allylic oxidation sites excluding steroid dienone is 1. The maximum Gasteiger partial charge on any atom is 0.299 e. The largest absolute Gasteiger partial charge is 0.428 e. The lowest BCUT2D eigenvalue weighted by atomic mass is 10.1. The van der Waals surface area contributed by atoms with Gasteiger partial charge in [-0.05, 0) is 37.1 Å². The van der Waals surface area contributed by atoms with Gasteiger partial charge in [0.1, 0.15) is 5.76 Å². The second-order valence-corrected chi connectivity index (χ2v) is 5.02. The predicted octanol–water partition coefficient (Wildman–Crippen LogP) is 3.76. The van der Waals surface area contributed by atoms with Crippen molar-refractivity contribution in [2.24, 2.45) is 4.99 Å². The molecule has 1 aliphatic heterocycles. The molecule has 0 saturated carbocycles. The average Bonchev–Trinajstić information content (AvgIpc) is 2.92. The second kappa shape index (κ2) is 5.33. The third-order valence-corrected chi connectivity index (χ3v) is 3.36. The van der Waals surface area contributed by atoms with Crippen molar-refractivity contribution in [3.05, 3.63) is 53.4 Å². The number of anilines is 2. The van der Waals surface area contributed by atoms with Crippen molar-refractivity contribution in [3.8, 4) is 0 Å². The number of dihydropyridines is 1. The van der Waals surface area contributed by atoms with E-state index in [1.807, 2.05) is 12.3 Å². The number of nitrogens with zero attached hydrogens (tertiary/aromatic N) is 2. The monoisotopic (exact) mass is 267 g/mol. The highest BCUT2D eigenvalue weighted by atomic mass is 16.4. The number of aromatic nitrogens is 1. The molecule has 102 valence electrons. The van der Waals surface area contributed by atoms with E-state index in [0.717, 1.165) is 17.0 Å². The van der Waals surface area contributed by atoms with Crippen molar-refractivity contribution in [1.29, 1.82) is 0 Å². The van der Waals surface area contributed by atoms with Crippen molar-refractivity contribution in [3.63, 3.8) is 0 Å². The Balaban J connectivity index is 1.78. The molecule has 1 atom stereocenters. The van der Waals surface area contributed by atoms with Gasteiger partial charge in [0.05, 0.1) is 18.7 Å². The molecule has 2 aromatic rings. The van der Waals surface area contributed by atoms with Crippen LogP contribution in [0.15, 0.2) is 46.0 Å². The van der Waals surface area contributed by atoms with Gasteiger partial charge in [0, 0.05) is 11.9 Å². The first kappa shape index (κ1) is 12.7. The van der Waals surface area contributed by atoms with E-state index in [1.165, 1.54) is 5.56 Å². The molecular weight excluding hydrogens is 250 g/mol. The molecule has 0 saturated heterocycles. The Labute approximate surface area is 118 Å². The molecule has 2 heterocycles. The molecule has 20 heavy (non-hydrogen) atoms. The minimum Gasteiger partial charge on any atom is -0.428 e. The summed E-state index contributed by atoms with van der Waals surface area (Å²) in [4.78, 5) is 8.53. The van der Waals surface area contributed by atoms with Gasteiger partial charge in [-0.15, -0.1) is 0 Å². The molecule has 3 rings (SSSR count). The van der Waals surface area contributed by atoms with Gasteiger partial charge in [-0.1, -0.05) is 18.2 Å². The van der Waals surface area contributed by atoms with Crippen molar-refractivity contribution in [2.75, 3.05) is 11.9 Å². The lowest BCUT2D eigenvalue weighted by Crippen LogP contribution is -2.01. The van der Waals surface area contributed by atoms with Crippen LogP contribution in [-0.2, 0) is 0 Å². The molecule has 1 aromatic heterocycles. The van der Waals surface area contributed by atoms with Gasteiger partial charge < -0.3 is 9.73 Å². The van der Waals surface area contributed by atoms with Gasteiger partial charge in [0.25, 0.3) is 6.01 Å². The Morgan fingerprint density at radius 3 is 3.00 bits per heavy atom. The summed E-state index contributed by atoms with van der Waals surface area (Å²) in [6.07, 6.45) is 7.59. The quantitative estimate of drug-likeness (QED) is 0.921. The van der Waals surface area contributed by atoms with Crippen LogP contribution in [0, 0.1) is 13.8 Å². The highest BCUT2D eigenvalue weighted by molar-refractivity contribution is 5.72. The fourth-order valence-electron chi connectivity index (χ4n) is 2.17. The highest BCUT2D eigenvalue weighted by Crippen LogP contribution is 2.25. The van der Waals surface area contributed by atoms with E-state index in [0.29, 0.717) is 12.6 Å². The summed E-state index contributed by atoms with van der Waals surface area (Å²) in [5.41, 5.74) is 3.39. The van der Waals surface area contributed by atoms with Gasteiger partial charge in [0.15, 0.2) is 0 Å². The fourth-order valence-corrected chi connectivity index (χ4v) is 2.17. The summed E-state index contributed by atoms with van der Waals surface area (Å²) >= 11 is 0. The van der Waals surface area contributed by atoms with Crippen LogP contribution in [-0.4, -0.2) is 17.7 Å². The van der Waals surface area contributed by atoms with Crippen LogP contribution < -0.4 is 5.32 Å². The van der Waals surface area contributed by atoms with E-state index in [1.54, 1.807) is 6.20 Å². The van der Waals surface area contributed by atoms with E-state index in [4.69, 9.17) is 4.42 Å². The van der Waals surface area contributed by atoms with Gasteiger partial charge in [-0.25, -0.2) is 4.98 Å². The van der Waals surface area contributed by atoms with Gasteiger partial charge in [-0.3, -0.25) is 4.99 Å². The van der Waals surface area contributed by atoms with E-state index in [9.17, 15) is 0 Å². The van der Waals surface area contributed by atoms with Crippen LogP contribution in [0.2, 0.25) is 0 Å².